The smallest absolute Gasteiger partial charge is 0.225 e. The highest BCUT2D eigenvalue weighted by Crippen LogP contribution is 2.28. The highest BCUT2D eigenvalue weighted by molar-refractivity contribution is 6.31. The Balaban J connectivity index is 1.42. The summed E-state index contributed by atoms with van der Waals surface area (Å²) in [6.45, 7) is 5.19. The van der Waals surface area contributed by atoms with Gasteiger partial charge >= 0.3 is 0 Å². The number of carbonyl (C=O) groups is 1. The van der Waals surface area contributed by atoms with E-state index in [9.17, 15) is 4.79 Å². The second-order valence-corrected chi connectivity index (χ2v) is 7.40. The number of methoxy groups -OCH3 is 1. The normalized spacial score (nSPS) is 19.9. The quantitative estimate of drug-likeness (QED) is 0.840. The number of carbonyl (C=O) groups excluding carboxylic acids is 1. The molecule has 138 valence electrons. The molecule has 0 unspecified atom stereocenters. The topological polar surface area (TPSA) is 44.8 Å². The van der Waals surface area contributed by atoms with Crippen LogP contribution >= 0.6 is 11.6 Å². The largest absolute Gasteiger partial charge is 0.495 e. The molecule has 1 aliphatic carbocycles. The monoisotopic (exact) mass is 365 g/mol. The molecule has 0 atom stereocenters. The van der Waals surface area contributed by atoms with E-state index < -0.39 is 0 Å². The average Bonchev–Trinajstić information content (AvgIpc) is 3.15. The molecule has 2 fully saturated rings. The van der Waals surface area contributed by atoms with Crippen molar-refractivity contribution in [3.8, 4) is 5.75 Å². The van der Waals surface area contributed by atoms with Gasteiger partial charge in [0.25, 0.3) is 0 Å². The summed E-state index contributed by atoms with van der Waals surface area (Å²) in [5.41, 5.74) is 0.631. The Labute approximate surface area is 155 Å². The summed E-state index contributed by atoms with van der Waals surface area (Å²) in [6, 6.07) is 6.04. The van der Waals surface area contributed by atoms with Gasteiger partial charge in [0.05, 0.1) is 12.8 Å². The van der Waals surface area contributed by atoms with Gasteiger partial charge < -0.3 is 15.0 Å². The zero-order chi connectivity index (χ0) is 17.6. The molecule has 0 aromatic heterocycles. The third kappa shape index (κ3) is 5.09. The maximum absolute atomic E-state index is 12.3. The first-order valence-corrected chi connectivity index (χ1v) is 9.63. The van der Waals surface area contributed by atoms with E-state index in [4.69, 9.17) is 16.3 Å². The summed E-state index contributed by atoms with van der Waals surface area (Å²) in [4.78, 5) is 17.3. The molecule has 0 radical (unpaired) electrons. The van der Waals surface area contributed by atoms with Gasteiger partial charge in [0.1, 0.15) is 5.75 Å². The zero-order valence-corrected chi connectivity index (χ0v) is 15.7. The molecular weight excluding hydrogens is 338 g/mol. The Hall–Kier alpha value is -1.30. The molecule has 0 bridgehead atoms. The Kier molecular flexibility index (Phi) is 6.57. The van der Waals surface area contributed by atoms with Crippen LogP contribution in [0.1, 0.15) is 32.1 Å². The van der Waals surface area contributed by atoms with Gasteiger partial charge in [0, 0.05) is 50.2 Å². The van der Waals surface area contributed by atoms with Gasteiger partial charge in [-0.3, -0.25) is 9.69 Å². The zero-order valence-electron chi connectivity index (χ0n) is 15.0. The van der Waals surface area contributed by atoms with Crippen LogP contribution in [0, 0.1) is 0 Å². The summed E-state index contributed by atoms with van der Waals surface area (Å²) in [6.07, 6.45) is 5.99. The number of hydrogen-bond acceptors (Lipinski definition) is 4. The van der Waals surface area contributed by atoms with Gasteiger partial charge in [-0.1, -0.05) is 24.4 Å². The van der Waals surface area contributed by atoms with Gasteiger partial charge in [-0.25, -0.2) is 0 Å². The maximum atomic E-state index is 12.3. The number of benzene rings is 1. The van der Waals surface area contributed by atoms with Crippen molar-refractivity contribution in [2.75, 3.05) is 45.2 Å². The minimum Gasteiger partial charge on any atom is -0.495 e. The molecule has 5 nitrogen and oxygen atoms in total. The first-order chi connectivity index (χ1) is 12.2. The number of piperazine rings is 1. The lowest BCUT2D eigenvalue weighted by atomic mass is 10.2. The molecule has 1 aliphatic heterocycles. The predicted molar refractivity (Wildman–Crippen MR) is 102 cm³/mol. The minimum atomic E-state index is -0.00112. The Morgan fingerprint density at radius 2 is 1.96 bits per heavy atom. The molecule has 2 aliphatic rings. The van der Waals surface area contributed by atoms with Gasteiger partial charge in [0.2, 0.25) is 5.91 Å². The van der Waals surface area contributed by atoms with E-state index in [1.807, 2.05) is 0 Å². The molecule has 1 aromatic rings. The molecule has 1 saturated carbocycles. The predicted octanol–water partition coefficient (Wildman–Crippen LogP) is 3.24. The van der Waals surface area contributed by atoms with Crippen molar-refractivity contribution in [1.29, 1.82) is 0 Å². The van der Waals surface area contributed by atoms with Crippen LogP contribution in [0.5, 0.6) is 5.75 Å². The molecule has 6 heteroatoms. The number of nitrogens with zero attached hydrogens (tertiary/aromatic N) is 2. The van der Waals surface area contributed by atoms with E-state index in [0.717, 1.165) is 38.8 Å². The van der Waals surface area contributed by atoms with Crippen LogP contribution in [0.4, 0.5) is 5.69 Å². The lowest BCUT2D eigenvalue weighted by molar-refractivity contribution is -0.116. The van der Waals surface area contributed by atoms with Crippen molar-refractivity contribution in [1.82, 2.24) is 9.80 Å². The third-order valence-electron chi connectivity index (χ3n) is 5.34. The van der Waals surface area contributed by atoms with Gasteiger partial charge in [-0.15, -0.1) is 0 Å². The first kappa shape index (κ1) is 18.5. The highest BCUT2D eigenvalue weighted by atomic mass is 35.5. The minimum absolute atomic E-state index is 0.00112. The number of hydrogen-bond donors (Lipinski definition) is 1. The first-order valence-electron chi connectivity index (χ1n) is 9.25. The molecule has 3 rings (SSSR count). The molecule has 1 N–H and O–H groups in total. The van der Waals surface area contributed by atoms with Crippen LogP contribution in [-0.4, -0.2) is 61.6 Å². The molecule has 1 saturated heterocycles. The van der Waals surface area contributed by atoms with Crippen molar-refractivity contribution in [2.45, 2.75) is 38.1 Å². The van der Waals surface area contributed by atoms with E-state index in [1.54, 1.807) is 25.3 Å². The number of anilines is 1. The molecule has 0 spiro atoms. The standard InChI is InChI=1S/C19H28ClN3O2/c1-25-18-7-6-15(20)14-17(18)21-19(24)8-9-22-10-12-23(13-11-22)16-4-2-3-5-16/h6-7,14,16H,2-5,8-13H2,1H3,(H,21,24). The van der Waals surface area contributed by atoms with Crippen LogP contribution < -0.4 is 10.1 Å². The SMILES string of the molecule is COc1ccc(Cl)cc1NC(=O)CCN1CCN(C2CCCC2)CC1. The second kappa shape index (κ2) is 8.88. The number of rotatable bonds is 6. The second-order valence-electron chi connectivity index (χ2n) is 6.96. The number of nitrogens with one attached hydrogen (secondary N) is 1. The number of halogens is 1. The van der Waals surface area contributed by atoms with Crippen molar-refractivity contribution < 1.29 is 9.53 Å². The van der Waals surface area contributed by atoms with Crippen LogP contribution in [0.25, 0.3) is 0 Å². The highest BCUT2D eigenvalue weighted by Gasteiger charge is 2.26. The van der Waals surface area contributed by atoms with E-state index >= 15 is 0 Å². The summed E-state index contributed by atoms with van der Waals surface area (Å²) in [5, 5.41) is 3.49. The summed E-state index contributed by atoms with van der Waals surface area (Å²) in [5.74, 6) is 0.627. The van der Waals surface area contributed by atoms with E-state index in [2.05, 4.69) is 15.1 Å². The van der Waals surface area contributed by atoms with E-state index in [0.29, 0.717) is 22.9 Å². The van der Waals surface area contributed by atoms with Crippen molar-refractivity contribution in [3.05, 3.63) is 23.2 Å². The van der Waals surface area contributed by atoms with Crippen LogP contribution in [-0.2, 0) is 4.79 Å². The Morgan fingerprint density at radius 1 is 1.24 bits per heavy atom. The lowest BCUT2D eigenvalue weighted by Gasteiger charge is -2.38. The van der Waals surface area contributed by atoms with E-state index in [1.165, 1.54) is 25.7 Å². The summed E-state index contributed by atoms with van der Waals surface area (Å²) < 4.78 is 5.27. The van der Waals surface area contributed by atoms with Crippen LogP contribution in [0.3, 0.4) is 0 Å². The van der Waals surface area contributed by atoms with Crippen molar-refractivity contribution in [2.24, 2.45) is 0 Å². The van der Waals surface area contributed by atoms with Gasteiger partial charge in [0.15, 0.2) is 0 Å². The fourth-order valence-electron chi connectivity index (χ4n) is 3.87. The Bertz CT molecular complexity index is 582. The Morgan fingerprint density at radius 3 is 2.64 bits per heavy atom. The number of amides is 1. The van der Waals surface area contributed by atoms with Gasteiger partial charge in [-0.2, -0.15) is 0 Å². The lowest BCUT2D eigenvalue weighted by Crippen LogP contribution is -2.50. The van der Waals surface area contributed by atoms with Crippen LogP contribution in [0.15, 0.2) is 18.2 Å². The summed E-state index contributed by atoms with van der Waals surface area (Å²) >= 11 is 6.00. The van der Waals surface area contributed by atoms with Crippen molar-refractivity contribution in [3.63, 3.8) is 0 Å². The fourth-order valence-corrected chi connectivity index (χ4v) is 4.04. The molecule has 1 heterocycles. The van der Waals surface area contributed by atoms with Crippen LogP contribution in [0.2, 0.25) is 5.02 Å². The third-order valence-corrected chi connectivity index (χ3v) is 5.57. The fraction of sp³-hybridized carbons (Fsp3) is 0.632. The number of ether oxygens (including phenoxy) is 1. The summed E-state index contributed by atoms with van der Waals surface area (Å²) in [7, 11) is 1.59. The molecule has 1 amide bonds. The molecule has 1 aromatic carbocycles. The molecular formula is C19H28ClN3O2. The van der Waals surface area contributed by atoms with Gasteiger partial charge in [-0.05, 0) is 31.0 Å². The van der Waals surface area contributed by atoms with Crippen molar-refractivity contribution >= 4 is 23.2 Å². The van der Waals surface area contributed by atoms with E-state index in [-0.39, 0.29) is 5.91 Å². The average molecular weight is 366 g/mol. The molecule has 25 heavy (non-hydrogen) atoms. The maximum Gasteiger partial charge on any atom is 0.225 e.